The van der Waals surface area contributed by atoms with Crippen molar-refractivity contribution in [1.82, 2.24) is 10.3 Å². The maximum atomic E-state index is 5.35. The summed E-state index contributed by atoms with van der Waals surface area (Å²) in [5, 5.41) is 7.08. The number of pyridine rings is 1. The zero-order valence-electron chi connectivity index (χ0n) is 12.0. The Bertz CT molecular complexity index is 596. The molecular weight excluding hydrogens is 266 g/mol. The van der Waals surface area contributed by atoms with Gasteiger partial charge in [-0.3, -0.25) is 4.98 Å². The van der Waals surface area contributed by atoms with Gasteiger partial charge in [0, 0.05) is 18.1 Å². The average molecular weight is 285 g/mol. The lowest BCUT2D eigenvalue weighted by atomic mass is 10.0. The molecule has 0 amide bonds. The third kappa shape index (κ3) is 3.78. The normalized spacial score (nSPS) is 11.8. The lowest BCUT2D eigenvalue weighted by Crippen LogP contribution is -2.31. The molecule has 2 aromatic rings. The minimum atomic E-state index is 0.164. The van der Waals surface area contributed by atoms with E-state index in [4.69, 9.17) is 12.2 Å². The molecular formula is C16H19N3S. The predicted molar refractivity (Wildman–Crippen MR) is 87.9 cm³/mol. The summed E-state index contributed by atoms with van der Waals surface area (Å²) in [4.78, 5) is 3.98. The first-order chi connectivity index (χ1) is 9.56. The molecule has 0 saturated heterocycles. The van der Waals surface area contributed by atoms with E-state index in [1.165, 1.54) is 16.7 Å². The van der Waals surface area contributed by atoms with E-state index in [0.29, 0.717) is 5.11 Å². The third-order valence-electron chi connectivity index (χ3n) is 3.19. The molecule has 20 heavy (non-hydrogen) atoms. The highest BCUT2D eigenvalue weighted by Crippen LogP contribution is 2.19. The molecule has 0 aliphatic heterocycles. The number of rotatable bonds is 3. The van der Waals surface area contributed by atoms with Crippen molar-refractivity contribution in [3.63, 3.8) is 0 Å². The SMILES string of the molecule is Cc1ccc(C)c([C@@H](C)NC(=S)Nc2ccncc2)c1. The Balaban J connectivity index is 2.02. The molecule has 0 radical (unpaired) electrons. The molecule has 1 heterocycles. The summed E-state index contributed by atoms with van der Waals surface area (Å²) in [7, 11) is 0. The van der Waals surface area contributed by atoms with Gasteiger partial charge in [-0.2, -0.15) is 0 Å². The molecule has 1 atom stereocenters. The van der Waals surface area contributed by atoms with Gasteiger partial charge in [0.2, 0.25) is 0 Å². The number of nitrogens with zero attached hydrogens (tertiary/aromatic N) is 1. The highest BCUT2D eigenvalue weighted by Gasteiger charge is 2.10. The largest absolute Gasteiger partial charge is 0.356 e. The van der Waals surface area contributed by atoms with Crippen molar-refractivity contribution >= 4 is 23.0 Å². The van der Waals surface area contributed by atoms with Crippen molar-refractivity contribution in [2.45, 2.75) is 26.8 Å². The van der Waals surface area contributed by atoms with Crippen molar-refractivity contribution in [3.8, 4) is 0 Å². The number of aryl methyl sites for hydroxylation is 2. The first-order valence-electron chi connectivity index (χ1n) is 6.61. The van der Waals surface area contributed by atoms with E-state index in [0.717, 1.165) is 5.69 Å². The molecule has 0 bridgehead atoms. The molecule has 1 aromatic heterocycles. The lowest BCUT2D eigenvalue weighted by Gasteiger charge is -2.19. The highest BCUT2D eigenvalue weighted by atomic mass is 32.1. The predicted octanol–water partition coefficient (Wildman–Crippen LogP) is 3.75. The Morgan fingerprint density at radius 1 is 1.15 bits per heavy atom. The number of hydrogen-bond acceptors (Lipinski definition) is 2. The van der Waals surface area contributed by atoms with E-state index in [2.05, 4.69) is 54.6 Å². The summed E-state index contributed by atoms with van der Waals surface area (Å²) < 4.78 is 0. The molecule has 2 rings (SSSR count). The van der Waals surface area contributed by atoms with Gasteiger partial charge in [0.05, 0.1) is 6.04 Å². The molecule has 0 spiro atoms. The van der Waals surface area contributed by atoms with Gasteiger partial charge < -0.3 is 10.6 Å². The van der Waals surface area contributed by atoms with Crippen molar-refractivity contribution in [3.05, 3.63) is 59.4 Å². The van der Waals surface area contributed by atoms with Crippen LogP contribution in [0.1, 0.15) is 29.7 Å². The second-order valence-corrected chi connectivity index (χ2v) is 5.32. The van der Waals surface area contributed by atoms with Crippen LogP contribution in [-0.4, -0.2) is 10.1 Å². The Labute approximate surface area is 125 Å². The van der Waals surface area contributed by atoms with Crippen LogP contribution in [0.5, 0.6) is 0 Å². The Morgan fingerprint density at radius 3 is 2.55 bits per heavy atom. The van der Waals surface area contributed by atoms with Crippen LogP contribution in [-0.2, 0) is 0 Å². The third-order valence-corrected chi connectivity index (χ3v) is 3.41. The number of benzene rings is 1. The standard InChI is InChI=1S/C16H19N3S/c1-11-4-5-12(2)15(10-11)13(3)18-16(20)19-14-6-8-17-9-7-14/h4-10,13H,1-3H3,(H2,17,18,19,20)/t13-/m1/s1. The summed E-state index contributed by atoms with van der Waals surface area (Å²) in [6, 6.07) is 10.4. The number of nitrogens with one attached hydrogen (secondary N) is 2. The highest BCUT2D eigenvalue weighted by molar-refractivity contribution is 7.80. The molecule has 0 saturated carbocycles. The fourth-order valence-electron chi connectivity index (χ4n) is 2.10. The van der Waals surface area contributed by atoms with E-state index >= 15 is 0 Å². The van der Waals surface area contributed by atoms with Gasteiger partial charge in [-0.15, -0.1) is 0 Å². The Kier molecular flexibility index (Phi) is 4.69. The van der Waals surface area contributed by atoms with Gasteiger partial charge in [0.25, 0.3) is 0 Å². The van der Waals surface area contributed by atoms with E-state index in [1.54, 1.807) is 12.4 Å². The summed E-state index contributed by atoms with van der Waals surface area (Å²) in [6.45, 7) is 6.33. The average Bonchev–Trinajstić information content (AvgIpc) is 2.42. The second kappa shape index (κ2) is 6.48. The first-order valence-corrected chi connectivity index (χ1v) is 7.02. The maximum absolute atomic E-state index is 5.35. The summed E-state index contributed by atoms with van der Waals surface area (Å²) in [5.74, 6) is 0. The minimum Gasteiger partial charge on any atom is -0.356 e. The molecule has 0 fully saturated rings. The van der Waals surface area contributed by atoms with E-state index in [1.807, 2.05) is 12.1 Å². The van der Waals surface area contributed by atoms with Crippen molar-refractivity contribution in [2.24, 2.45) is 0 Å². The van der Waals surface area contributed by atoms with Gasteiger partial charge in [0.15, 0.2) is 5.11 Å². The molecule has 0 aliphatic carbocycles. The Hall–Kier alpha value is -1.94. The Morgan fingerprint density at radius 2 is 1.85 bits per heavy atom. The van der Waals surface area contributed by atoms with Crippen LogP contribution in [0.15, 0.2) is 42.7 Å². The molecule has 104 valence electrons. The van der Waals surface area contributed by atoms with Crippen molar-refractivity contribution < 1.29 is 0 Å². The van der Waals surface area contributed by atoms with Crippen LogP contribution in [0.2, 0.25) is 0 Å². The summed E-state index contributed by atoms with van der Waals surface area (Å²) >= 11 is 5.35. The first kappa shape index (κ1) is 14.5. The van der Waals surface area contributed by atoms with Crippen LogP contribution in [0.3, 0.4) is 0 Å². The van der Waals surface area contributed by atoms with E-state index in [-0.39, 0.29) is 6.04 Å². The van der Waals surface area contributed by atoms with Crippen molar-refractivity contribution in [2.75, 3.05) is 5.32 Å². The van der Waals surface area contributed by atoms with Gasteiger partial charge in [-0.1, -0.05) is 23.8 Å². The molecule has 4 heteroatoms. The number of thiocarbonyl (C=S) groups is 1. The number of aromatic nitrogens is 1. The fraction of sp³-hybridized carbons (Fsp3) is 0.250. The summed E-state index contributed by atoms with van der Waals surface area (Å²) in [5.41, 5.74) is 4.73. The molecule has 3 nitrogen and oxygen atoms in total. The van der Waals surface area contributed by atoms with Gasteiger partial charge >= 0.3 is 0 Å². The quantitative estimate of drug-likeness (QED) is 0.842. The second-order valence-electron chi connectivity index (χ2n) is 4.92. The van der Waals surface area contributed by atoms with Crippen molar-refractivity contribution in [1.29, 1.82) is 0 Å². The molecule has 0 unspecified atom stereocenters. The van der Waals surface area contributed by atoms with Crippen LogP contribution in [0.25, 0.3) is 0 Å². The van der Waals surface area contributed by atoms with Crippen LogP contribution in [0, 0.1) is 13.8 Å². The maximum Gasteiger partial charge on any atom is 0.171 e. The van der Waals surface area contributed by atoms with Gasteiger partial charge in [-0.05, 0) is 56.2 Å². The molecule has 1 aromatic carbocycles. The molecule has 0 aliphatic rings. The zero-order valence-corrected chi connectivity index (χ0v) is 12.8. The summed E-state index contributed by atoms with van der Waals surface area (Å²) in [6.07, 6.45) is 3.47. The monoisotopic (exact) mass is 285 g/mol. The minimum absolute atomic E-state index is 0.164. The zero-order chi connectivity index (χ0) is 14.5. The topological polar surface area (TPSA) is 37.0 Å². The van der Waals surface area contributed by atoms with E-state index in [9.17, 15) is 0 Å². The lowest BCUT2D eigenvalue weighted by molar-refractivity contribution is 0.716. The smallest absolute Gasteiger partial charge is 0.171 e. The van der Waals surface area contributed by atoms with Gasteiger partial charge in [-0.25, -0.2) is 0 Å². The fourth-order valence-corrected chi connectivity index (χ4v) is 2.40. The molecule has 2 N–H and O–H groups in total. The number of hydrogen-bond donors (Lipinski definition) is 2. The van der Waals surface area contributed by atoms with Gasteiger partial charge in [0.1, 0.15) is 0 Å². The van der Waals surface area contributed by atoms with E-state index < -0.39 is 0 Å². The van der Waals surface area contributed by atoms with Crippen LogP contribution in [0.4, 0.5) is 5.69 Å². The number of anilines is 1. The van der Waals surface area contributed by atoms with Crippen LogP contribution < -0.4 is 10.6 Å². The van der Waals surface area contributed by atoms with Crippen LogP contribution >= 0.6 is 12.2 Å².